The Hall–Kier alpha value is -1.16. The molecule has 1 heterocycles. The maximum Gasteiger partial charge on any atom is 0.408 e. The number of hydrogen-bond donors (Lipinski definition) is 1. The third kappa shape index (κ3) is 2.91. The van der Waals surface area contributed by atoms with Gasteiger partial charge in [-0.05, 0) is 51.7 Å². The van der Waals surface area contributed by atoms with Gasteiger partial charge in [-0.1, -0.05) is 24.6 Å². The fourth-order valence-corrected chi connectivity index (χ4v) is 5.09. The number of benzene rings is 1. The van der Waals surface area contributed by atoms with Crippen LogP contribution in [0.1, 0.15) is 46.0 Å². The molecule has 1 amide bonds. The zero-order chi connectivity index (χ0) is 14.9. The minimum absolute atomic E-state index is 0.227. The molecule has 1 N–H and O–H groups in total. The van der Waals surface area contributed by atoms with Gasteiger partial charge in [-0.2, -0.15) is 0 Å². The summed E-state index contributed by atoms with van der Waals surface area (Å²) >= 11 is 1.84. The van der Waals surface area contributed by atoms with Crippen molar-refractivity contribution in [2.75, 3.05) is 0 Å². The van der Waals surface area contributed by atoms with Crippen molar-refractivity contribution in [1.82, 2.24) is 5.32 Å². The number of nitrogens with one attached hydrogen (secondary N) is 1. The van der Waals surface area contributed by atoms with Gasteiger partial charge in [0.2, 0.25) is 0 Å². The van der Waals surface area contributed by atoms with Crippen LogP contribution < -0.4 is 5.32 Å². The number of rotatable bonds is 2. The number of alkyl carbamates (subject to hydrolysis) is 1. The second-order valence-corrected chi connectivity index (χ2v) is 7.85. The highest BCUT2D eigenvalue weighted by Gasteiger charge is 2.54. The fraction of sp³-hybridized carbons (Fsp3) is 0.588. The molecule has 0 unspecified atom stereocenters. The van der Waals surface area contributed by atoms with E-state index in [2.05, 4.69) is 43.4 Å². The first kappa shape index (κ1) is 14.8. The van der Waals surface area contributed by atoms with E-state index in [1.54, 1.807) is 0 Å². The van der Waals surface area contributed by atoms with Crippen LogP contribution in [0.4, 0.5) is 4.79 Å². The lowest BCUT2D eigenvalue weighted by molar-refractivity contribution is -0.0575. The predicted molar refractivity (Wildman–Crippen MR) is 85.6 cm³/mol. The van der Waals surface area contributed by atoms with Gasteiger partial charge in [-0.15, -0.1) is 11.8 Å². The van der Waals surface area contributed by atoms with Crippen molar-refractivity contribution in [1.29, 1.82) is 0 Å². The lowest BCUT2D eigenvalue weighted by Crippen LogP contribution is -2.67. The zero-order valence-corrected chi connectivity index (χ0v) is 13.5. The molecule has 3 rings (SSSR count). The Balaban J connectivity index is 1.92. The predicted octanol–water partition coefficient (Wildman–Crippen LogP) is 4.37. The summed E-state index contributed by atoms with van der Waals surface area (Å²) in [5, 5.41) is 3.24. The molecule has 1 saturated heterocycles. The van der Waals surface area contributed by atoms with Crippen molar-refractivity contribution >= 4 is 17.9 Å². The van der Waals surface area contributed by atoms with E-state index in [9.17, 15) is 4.79 Å². The highest BCUT2D eigenvalue weighted by Crippen LogP contribution is 2.48. The average Bonchev–Trinajstić information content (AvgIpc) is 2.44. The van der Waals surface area contributed by atoms with Gasteiger partial charge in [-0.25, -0.2) is 4.79 Å². The highest BCUT2D eigenvalue weighted by atomic mass is 32.2. The van der Waals surface area contributed by atoms with Crippen LogP contribution in [0.3, 0.4) is 0 Å². The number of carbonyl (C=O) groups is 1. The van der Waals surface area contributed by atoms with Crippen LogP contribution in [-0.4, -0.2) is 22.5 Å². The summed E-state index contributed by atoms with van der Waals surface area (Å²) < 4.78 is 5.86. The molecule has 0 bridgehead atoms. The molecule has 114 valence electrons. The lowest BCUT2D eigenvalue weighted by Gasteiger charge is -2.52. The Labute approximate surface area is 130 Å². The molecule has 0 radical (unpaired) electrons. The number of amides is 1. The van der Waals surface area contributed by atoms with Crippen LogP contribution >= 0.6 is 11.8 Å². The van der Waals surface area contributed by atoms with Crippen LogP contribution in [-0.2, 0) is 4.74 Å². The third-order valence-electron chi connectivity index (χ3n) is 4.55. The first-order valence-corrected chi connectivity index (χ1v) is 8.63. The SMILES string of the molecule is CC1(C)NC(=O)OC2(CCCCC2)[C@@H]1Sc1ccccc1. The first-order valence-electron chi connectivity index (χ1n) is 7.75. The molecule has 1 saturated carbocycles. The minimum atomic E-state index is -0.315. The molecular formula is C17H23NO2S. The van der Waals surface area contributed by atoms with E-state index in [0.29, 0.717) is 0 Å². The third-order valence-corrected chi connectivity index (χ3v) is 6.35. The number of ether oxygens (including phenoxy) is 1. The molecule has 1 aromatic rings. The Bertz CT molecular complexity index is 509. The van der Waals surface area contributed by atoms with Crippen molar-refractivity contribution in [3.63, 3.8) is 0 Å². The molecule has 1 spiro atoms. The smallest absolute Gasteiger partial charge is 0.408 e. The maximum absolute atomic E-state index is 12.0. The minimum Gasteiger partial charge on any atom is -0.442 e. The molecule has 4 heteroatoms. The second-order valence-electron chi connectivity index (χ2n) is 6.67. The lowest BCUT2D eigenvalue weighted by atomic mass is 9.75. The molecule has 21 heavy (non-hydrogen) atoms. The average molecular weight is 305 g/mol. The quantitative estimate of drug-likeness (QED) is 0.882. The van der Waals surface area contributed by atoms with Crippen molar-refractivity contribution in [3.8, 4) is 0 Å². The molecular weight excluding hydrogens is 282 g/mol. The van der Waals surface area contributed by atoms with Crippen LogP contribution in [0.15, 0.2) is 35.2 Å². The van der Waals surface area contributed by atoms with Crippen LogP contribution in [0.2, 0.25) is 0 Å². The van der Waals surface area contributed by atoms with Gasteiger partial charge in [0, 0.05) is 4.90 Å². The van der Waals surface area contributed by atoms with Gasteiger partial charge in [0.05, 0.1) is 10.8 Å². The molecule has 0 aromatic heterocycles. The van der Waals surface area contributed by atoms with E-state index >= 15 is 0 Å². The Morgan fingerprint density at radius 3 is 2.48 bits per heavy atom. The summed E-state index contributed by atoms with van der Waals surface area (Å²) in [4.78, 5) is 13.2. The Kier molecular flexibility index (Phi) is 3.91. The van der Waals surface area contributed by atoms with Gasteiger partial charge in [0.15, 0.2) is 0 Å². The van der Waals surface area contributed by atoms with Gasteiger partial charge >= 0.3 is 6.09 Å². The summed E-state index contributed by atoms with van der Waals surface area (Å²) in [5.41, 5.74) is -0.586. The van der Waals surface area contributed by atoms with Gasteiger partial charge in [0.25, 0.3) is 0 Å². The monoisotopic (exact) mass is 305 g/mol. The van der Waals surface area contributed by atoms with E-state index in [1.165, 1.54) is 11.3 Å². The number of hydrogen-bond acceptors (Lipinski definition) is 3. The first-order chi connectivity index (χ1) is 10.0. The summed E-state index contributed by atoms with van der Waals surface area (Å²) in [6, 6.07) is 10.4. The maximum atomic E-state index is 12.0. The summed E-state index contributed by atoms with van der Waals surface area (Å²) in [7, 11) is 0. The van der Waals surface area contributed by atoms with Crippen LogP contribution in [0.5, 0.6) is 0 Å². The van der Waals surface area contributed by atoms with E-state index in [4.69, 9.17) is 4.74 Å². The molecule has 1 aliphatic heterocycles. The highest BCUT2D eigenvalue weighted by molar-refractivity contribution is 8.00. The van der Waals surface area contributed by atoms with Crippen molar-refractivity contribution < 1.29 is 9.53 Å². The summed E-state index contributed by atoms with van der Waals surface area (Å²) in [6.45, 7) is 4.23. The summed E-state index contributed by atoms with van der Waals surface area (Å²) in [5.74, 6) is 0. The Morgan fingerprint density at radius 1 is 1.14 bits per heavy atom. The van der Waals surface area contributed by atoms with Gasteiger partial charge in [-0.3, -0.25) is 0 Å². The second kappa shape index (κ2) is 5.56. The van der Waals surface area contributed by atoms with Crippen molar-refractivity contribution in [2.45, 2.75) is 67.2 Å². The van der Waals surface area contributed by atoms with Crippen molar-refractivity contribution in [3.05, 3.63) is 30.3 Å². The largest absolute Gasteiger partial charge is 0.442 e. The number of carbonyl (C=O) groups excluding carboxylic acids is 1. The zero-order valence-electron chi connectivity index (χ0n) is 12.7. The Morgan fingerprint density at radius 2 is 1.81 bits per heavy atom. The normalized spacial score (nSPS) is 27.0. The molecule has 3 nitrogen and oxygen atoms in total. The van der Waals surface area contributed by atoms with E-state index < -0.39 is 0 Å². The molecule has 1 atom stereocenters. The van der Waals surface area contributed by atoms with E-state index in [0.717, 1.165) is 25.7 Å². The summed E-state index contributed by atoms with van der Waals surface area (Å²) in [6.07, 6.45) is 5.25. The van der Waals surface area contributed by atoms with E-state index in [1.807, 2.05) is 17.8 Å². The van der Waals surface area contributed by atoms with Gasteiger partial charge in [0.1, 0.15) is 5.60 Å². The number of thioether (sulfide) groups is 1. The molecule has 1 aliphatic carbocycles. The molecule has 2 aliphatic rings. The molecule has 2 fully saturated rings. The standard InChI is InChI=1S/C17H23NO2S/c1-16(2)14(21-13-9-5-3-6-10-13)17(20-15(19)18-16)11-7-4-8-12-17/h3,5-6,9-10,14H,4,7-8,11-12H2,1-2H3,(H,18,19)/t14-/m1/s1. The van der Waals surface area contributed by atoms with Crippen LogP contribution in [0.25, 0.3) is 0 Å². The van der Waals surface area contributed by atoms with Crippen molar-refractivity contribution in [2.24, 2.45) is 0 Å². The van der Waals surface area contributed by atoms with Gasteiger partial charge < -0.3 is 10.1 Å². The fourth-order valence-electron chi connectivity index (χ4n) is 3.65. The molecule has 1 aromatic carbocycles. The van der Waals surface area contributed by atoms with Crippen LogP contribution in [0, 0.1) is 0 Å². The topological polar surface area (TPSA) is 38.3 Å². The van der Waals surface area contributed by atoms with E-state index in [-0.39, 0.29) is 22.5 Å².